The van der Waals surface area contributed by atoms with Crippen LogP contribution in [0.3, 0.4) is 0 Å². The second-order valence-electron chi connectivity index (χ2n) is 8.10. The van der Waals surface area contributed by atoms with Crippen molar-refractivity contribution in [3.63, 3.8) is 0 Å². The van der Waals surface area contributed by atoms with Crippen molar-refractivity contribution in [1.82, 2.24) is 10.2 Å². The van der Waals surface area contributed by atoms with Crippen LogP contribution in [-0.2, 0) is 34.7 Å². The number of carbonyl (C=O) groups excluding carboxylic acids is 4. The number of ether oxygens (including phenoxy) is 2. The molecule has 186 valence electrons. The van der Waals surface area contributed by atoms with Gasteiger partial charge in [-0.25, -0.2) is 9.59 Å². The minimum atomic E-state index is -1.85. The molecule has 14 heteroatoms. The minimum Gasteiger partial charge on any atom is -0.467 e. The number of methoxy groups -OCH3 is 1. The van der Waals surface area contributed by atoms with Crippen molar-refractivity contribution in [3.05, 3.63) is 30.3 Å². The van der Waals surface area contributed by atoms with E-state index in [2.05, 4.69) is 5.32 Å². The van der Waals surface area contributed by atoms with E-state index in [0.29, 0.717) is 5.69 Å². The first-order chi connectivity index (χ1) is 15.8. The van der Waals surface area contributed by atoms with Crippen molar-refractivity contribution in [2.24, 2.45) is 0 Å². The van der Waals surface area contributed by atoms with Crippen LogP contribution in [0.4, 0.5) is 10.5 Å². The average molecular weight is 555 g/mol. The topological polar surface area (TPSA) is 122 Å². The summed E-state index contributed by atoms with van der Waals surface area (Å²) in [5.41, 5.74) is 0.324. The average Bonchev–Trinajstić information content (AvgIpc) is 2.97. The summed E-state index contributed by atoms with van der Waals surface area (Å²) < 4.78 is 19.9. The molecule has 2 aliphatic heterocycles. The van der Waals surface area contributed by atoms with Gasteiger partial charge in [-0.3, -0.25) is 18.7 Å². The number of nitrogens with one attached hydrogen (secondary N) is 1. The Labute approximate surface area is 213 Å². The maximum atomic E-state index is 13.0. The normalized spacial score (nSPS) is 25.1. The number of benzene rings is 1. The molecule has 2 fully saturated rings. The molecular formula is C20H22Cl3N3O7S. The van der Waals surface area contributed by atoms with Gasteiger partial charge >= 0.3 is 12.1 Å². The first kappa shape index (κ1) is 26.5. The lowest BCUT2D eigenvalue weighted by atomic mass is 9.96. The Hall–Kier alpha value is -2.08. The van der Waals surface area contributed by atoms with Gasteiger partial charge in [0.05, 0.1) is 22.7 Å². The zero-order valence-electron chi connectivity index (χ0n) is 18.3. The number of alkyl halides is 3. The molecule has 1 aromatic rings. The van der Waals surface area contributed by atoms with E-state index in [0.717, 1.165) is 4.90 Å². The van der Waals surface area contributed by atoms with Gasteiger partial charge in [0, 0.05) is 5.69 Å². The number of halogens is 3. The molecule has 2 saturated heterocycles. The van der Waals surface area contributed by atoms with E-state index in [9.17, 15) is 23.4 Å². The number of rotatable bonds is 6. The third kappa shape index (κ3) is 5.12. The molecule has 0 aliphatic carbocycles. The zero-order valence-corrected chi connectivity index (χ0v) is 21.4. The van der Waals surface area contributed by atoms with Gasteiger partial charge in [-0.15, -0.1) is 0 Å². The fourth-order valence-electron chi connectivity index (χ4n) is 3.84. The standard InChI is InChI=1S/C20H22Cl3N3O7S/c1-19(2)14(17(29)32-3)26-15(28)13(16(26)34(19)31)24-12(27)9-25(11-7-5-4-6-8-11)18(30)33-10-20(21,22)23/h4-8,13-14,16H,9-10H2,1-3H3,(H,24,27)/t13?,14?,16-,34?/m0/s1. The molecule has 0 bridgehead atoms. The molecule has 0 radical (unpaired) electrons. The van der Waals surface area contributed by atoms with Gasteiger partial charge in [0.2, 0.25) is 15.6 Å². The molecule has 2 heterocycles. The van der Waals surface area contributed by atoms with Gasteiger partial charge in [0.15, 0.2) is 0 Å². The zero-order chi connectivity index (χ0) is 25.4. The number of esters is 1. The maximum absolute atomic E-state index is 13.0. The highest BCUT2D eigenvalue weighted by atomic mass is 35.6. The monoisotopic (exact) mass is 553 g/mol. The quantitative estimate of drug-likeness (QED) is 0.323. The van der Waals surface area contributed by atoms with Crippen molar-refractivity contribution in [3.8, 4) is 0 Å². The number of amides is 3. The lowest BCUT2D eigenvalue weighted by Crippen LogP contribution is -2.72. The fourth-order valence-corrected chi connectivity index (χ4v) is 5.92. The summed E-state index contributed by atoms with van der Waals surface area (Å²) >= 11 is 16.9. The van der Waals surface area contributed by atoms with Gasteiger partial charge in [-0.1, -0.05) is 53.0 Å². The molecule has 3 amide bonds. The predicted octanol–water partition coefficient (Wildman–Crippen LogP) is 1.74. The molecule has 2 aliphatic rings. The van der Waals surface area contributed by atoms with Crippen LogP contribution in [0.25, 0.3) is 0 Å². The van der Waals surface area contributed by atoms with E-state index in [-0.39, 0.29) is 0 Å². The number of hydrogen-bond donors (Lipinski definition) is 1. The van der Waals surface area contributed by atoms with Crippen LogP contribution in [-0.4, -0.2) is 79.2 Å². The van der Waals surface area contributed by atoms with Crippen LogP contribution < -0.4 is 10.2 Å². The van der Waals surface area contributed by atoms with Crippen molar-refractivity contribution in [1.29, 1.82) is 0 Å². The van der Waals surface area contributed by atoms with Crippen molar-refractivity contribution < 1.29 is 32.9 Å². The summed E-state index contributed by atoms with van der Waals surface area (Å²) in [6.07, 6.45) is -0.953. The molecule has 34 heavy (non-hydrogen) atoms. The highest BCUT2D eigenvalue weighted by Crippen LogP contribution is 2.43. The highest BCUT2D eigenvalue weighted by molar-refractivity contribution is 7.87. The van der Waals surface area contributed by atoms with E-state index >= 15 is 0 Å². The minimum absolute atomic E-state index is 0.324. The van der Waals surface area contributed by atoms with Crippen LogP contribution in [0.1, 0.15) is 13.8 Å². The third-order valence-corrected chi connectivity index (χ3v) is 7.97. The highest BCUT2D eigenvalue weighted by Gasteiger charge is 2.68. The molecule has 1 N–H and O–H groups in total. The van der Waals surface area contributed by atoms with E-state index < -0.39 is 73.8 Å². The third-order valence-electron chi connectivity index (χ3n) is 5.44. The molecule has 3 unspecified atom stereocenters. The summed E-state index contributed by atoms with van der Waals surface area (Å²) in [6.45, 7) is 2.10. The molecule has 1 aromatic carbocycles. The Morgan fingerprint density at radius 3 is 2.38 bits per heavy atom. The number of anilines is 1. The number of fused-ring (bicyclic) bond motifs is 1. The SMILES string of the molecule is COC(=O)C1N2C(=O)C(NC(=O)CN(C(=O)OCC(Cl)(Cl)Cl)c3ccccc3)[C@@H]2S(=O)C1(C)C. The molecule has 0 spiro atoms. The fraction of sp³-hybridized carbons (Fsp3) is 0.500. The molecule has 0 aromatic heterocycles. The molecule has 0 saturated carbocycles. The predicted molar refractivity (Wildman–Crippen MR) is 126 cm³/mol. The Bertz CT molecular complexity index is 1020. The Morgan fingerprint density at radius 2 is 1.82 bits per heavy atom. The van der Waals surface area contributed by atoms with Gasteiger partial charge in [-0.2, -0.15) is 0 Å². The first-order valence-electron chi connectivity index (χ1n) is 9.95. The van der Waals surface area contributed by atoms with Gasteiger partial charge in [0.25, 0.3) is 0 Å². The van der Waals surface area contributed by atoms with Crippen LogP contribution in [0.15, 0.2) is 30.3 Å². The van der Waals surface area contributed by atoms with Gasteiger partial charge < -0.3 is 19.7 Å². The van der Waals surface area contributed by atoms with Crippen LogP contribution in [0.2, 0.25) is 0 Å². The van der Waals surface area contributed by atoms with Crippen molar-refractivity contribution in [2.75, 3.05) is 25.2 Å². The van der Waals surface area contributed by atoms with Crippen LogP contribution in [0.5, 0.6) is 0 Å². The summed E-state index contributed by atoms with van der Waals surface area (Å²) in [4.78, 5) is 52.6. The summed E-state index contributed by atoms with van der Waals surface area (Å²) in [6, 6.07) is 5.97. The number of nitrogens with zero attached hydrogens (tertiary/aromatic N) is 2. The number of β-lactam (4-membered cyclic amide) rings is 1. The van der Waals surface area contributed by atoms with Gasteiger partial charge in [-0.05, 0) is 26.0 Å². The van der Waals surface area contributed by atoms with Crippen molar-refractivity contribution in [2.45, 2.75) is 39.8 Å². The van der Waals surface area contributed by atoms with Crippen molar-refractivity contribution >= 4 is 75.2 Å². The Balaban J connectivity index is 1.74. The summed E-state index contributed by atoms with van der Waals surface area (Å²) in [7, 11) is -0.492. The first-order valence-corrected chi connectivity index (χ1v) is 12.3. The van der Waals surface area contributed by atoms with Crippen LogP contribution in [0, 0.1) is 0 Å². The smallest absolute Gasteiger partial charge is 0.414 e. The molecule has 4 atom stereocenters. The van der Waals surface area contributed by atoms with E-state index in [1.807, 2.05) is 0 Å². The second-order valence-corrected chi connectivity index (χ2v) is 12.7. The number of carbonyl (C=O) groups is 4. The largest absolute Gasteiger partial charge is 0.467 e. The molecule has 10 nitrogen and oxygen atoms in total. The van der Waals surface area contributed by atoms with E-state index in [4.69, 9.17) is 44.3 Å². The Kier molecular flexibility index (Phi) is 7.71. The molecule has 3 rings (SSSR count). The summed E-state index contributed by atoms with van der Waals surface area (Å²) in [5.74, 6) is -1.98. The number of hydrogen-bond acceptors (Lipinski definition) is 7. The number of para-hydroxylation sites is 1. The van der Waals surface area contributed by atoms with E-state index in [1.165, 1.54) is 12.0 Å². The lowest BCUT2D eigenvalue weighted by Gasteiger charge is -2.43. The molecular weight excluding hydrogens is 533 g/mol. The Morgan fingerprint density at radius 1 is 1.21 bits per heavy atom. The summed E-state index contributed by atoms with van der Waals surface area (Å²) in [5, 5.41) is 1.60. The maximum Gasteiger partial charge on any atom is 0.414 e. The van der Waals surface area contributed by atoms with Gasteiger partial charge in [0.1, 0.15) is 30.6 Å². The van der Waals surface area contributed by atoms with E-state index in [1.54, 1.807) is 44.2 Å². The second kappa shape index (κ2) is 9.88. The van der Waals surface area contributed by atoms with Crippen LogP contribution >= 0.6 is 34.8 Å². The lowest BCUT2D eigenvalue weighted by molar-refractivity contribution is -0.162.